The number of rotatable bonds is 7. The molecule has 170 valence electrons. The van der Waals surface area contributed by atoms with Gasteiger partial charge >= 0.3 is 0 Å². The summed E-state index contributed by atoms with van der Waals surface area (Å²) in [7, 11) is 0. The van der Waals surface area contributed by atoms with Gasteiger partial charge in [0.25, 0.3) is 5.91 Å². The van der Waals surface area contributed by atoms with E-state index >= 15 is 0 Å². The highest BCUT2D eigenvalue weighted by Gasteiger charge is 2.25. The first-order valence-corrected chi connectivity index (χ1v) is 12.3. The third-order valence-electron chi connectivity index (χ3n) is 6.45. The van der Waals surface area contributed by atoms with Crippen molar-refractivity contribution in [2.24, 2.45) is 5.92 Å². The van der Waals surface area contributed by atoms with Gasteiger partial charge in [0.1, 0.15) is 12.2 Å². The number of benzene rings is 1. The first-order chi connectivity index (χ1) is 15.5. The molecule has 2 N–H and O–H groups in total. The van der Waals surface area contributed by atoms with E-state index in [1.807, 2.05) is 53.3 Å². The van der Waals surface area contributed by atoms with Crippen molar-refractivity contribution in [2.45, 2.75) is 58.7 Å². The van der Waals surface area contributed by atoms with E-state index in [9.17, 15) is 14.7 Å². The third-order valence-corrected chi connectivity index (χ3v) is 7.30. The average Bonchev–Trinajstić information content (AvgIpc) is 3.39. The molecular weight excluding hydrogens is 422 g/mol. The number of hydrogen-bond donors (Lipinski definition) is 2. The van der Waals surface area contributed by atoms with Crippen LogP contribution in [-0.2, 0) is 17.9 Å². The van der Waals surface area contributed by atoms with Crippen LogP contribution in [0.1, 0.15) is 55.6 Å². The zero-order valence-electron chi connectivity index (χ0n) is 18.7. The second-order valence-corrected chi connectivity index (χ2v) is 9.63. The lowest BCUT2D eigenvalue weighted by molar-refractivity contribution is -0.119. The van der Waals surface area contributed by atoms with Crippen LogP contribution in [0.3, 0.4) is 0 Å². The lowest BCUT2D eigenvalue weighted by Gasteiger charge is -2.27. The largest absolute Gasteiger partial charge is 0.392 e. The highest BCUT2D eigenvalue weighted by atomic mass is 32.1. The first-order valence-electron chi connectivity index (χ1n) is 11.4. The summed E-state index contributed by atoms with van der Waals surface area (Å²) in [4.78, 5) is 28.2. The van der Waals surface area contributed by atoms with Gasteiger partial charge in [-0.15, -0.1) is 11.3 Å². The molecule has 6 nitrogen and oxygen atoms in total. The van der Waals surface area contributed by atoms with Crippen LogP contribution in [0.2, 0.25) is 0 Å². The molecule has 3 aromatic rings. The molecule has 0 bridgehead atoms. The summed E-state index contributed by atoms with van der Waals surface area (Å²) in [6, 6.07) is 11.4. The van der Waals surface area contributed by atoms with Crippen molar-refractivity contribution in [1.29, 1.82) is 0 Å². The van der Waals surface area contributed by atoms with Gasteiger partial charge in [0, 0.05) is 18.3 Å². The number of anilines is 1. The highest BCUT2D eigenvalue weighted by Crippen LogP contribution is 2.28. The number of nitrogens with one attached hydrogen (secondary N) is 1. The molecule has 2 amide bonds. The molecule has 4 rings (SSSR count). The summed E-state index contributed by atoms with van der Waals surface area (Å²) in [6.07, 6.45) is 4.29. The fourth-order valence-corrected chi connectivity index (χ4v) is 5.33. The maximum Gasteiger partial charge on any atom is 0.268 e. The minimum absolute atomic E-state index is 0.0295. The monoisotopic (exact) mass is 453 g/mol. The summed E-state index contributed by atoms with van der Waals surface area (Å²) >= 11 is 1.58. The van der Waals surface area contributed by atoms with Gasteiger partial charge in [0.15, 0.2) is 0 Å². The number of fused-ring (bicyclic) bond motifs is 1. The first kappa shape index (κ1) is 22.6. The van der Waals surface area contributed by atoms with Crippen molar-refractivity contribution in [3.63, 3.8) is 0 Å². The molecule has 2 heterocycles. The molecule has 1 aromatic carbocycles. The standard InChI is InChI=1S/C25H31N3O3S/c1-3-27(20-10-6-18(16-29)7-11-20)24(30)15-28-21-12-13-32-23(21)14-22(28)25(31)26-19-8-4-17(2)5-9-19/h6-7,10-14,17,19,29H,3-5,8-9,15-16H2,1-2H3,(H,26,31)/t17-,19-. The Hall–Kier alpha value is -2.64. The number of carbonyl (C=O) groups is 2. The highest BCUT2D eigenvalue weighted by molar-refractivity contribution is 7.17. The van der Waals surface area contributed by atoms with E-state index in [-0.39, 0.29) is 31.0 Å². The molecule has 1 fully saturated rings. The van der Waals surface area contributed by atoms with Crippen molar-refractivity contribution in [3.8, 4) is 0 Å². The quantitative estimate of drug-likeness (QED) is 0.551. The Morgan fingerprint density at radius 2 is 1.88 bits per heavy atom. The number of amides is 2. The SMILES string of the molecule is CCN(C(=O)Cn1c(C(=O)N[C@H]2CC[C@H](C)CC2)cc2sccc21)c1ccc(CO)cc1. The maximum absolute atomic E-state index is 13.3. The van der Waals surface area contributed by atoms with Crippen LogP contribution >= 0.6 is 11.3 Å². The van der Waals surface area contributed by atoms with Gasteiger partial charge in [0.05, 0.1) is 16.8 Å². The number of likely N-dealkylation sites (N-methyl/N-ethyl adjacent to an activating group) is 1. The van der Waals surface area contributed by atoms with E-state index in [1.165, 1.54) is 0 Å². The van der Waals surface area contributed by atoms with E-state index < -0.39 is 0 Å². The smallest absolute Gasteiger partial charge is 0.268 e. The van der Waals surface area contributed by atoms with Crippen LogP contribution in [0.4, 0.5) is 5.69 Å². The van der Waals surface area contributed by atoms with Crippen LogP contribution in [0.5, 0.6) is 0 Å². The maximum atomic E-state index is 13.3. The molecule has 7 heteroatoms. The Balaban J connectivity index is 1.55. The van der Waals surface area contributed by atoms with Crippen molar-refractivity contribution in [3.05, 3.63) is 53.0 Å². The lowest BCUT2D eigenvalue weighted by atomic mass is 9.87. The zero-order valence-corrected chi connectivity index (χ0v) is 19.5. The van der Waals surface area contributed by atoms with Gasteiger partial charge in [-0.1, -0.05) is 19.1 Å². The van der Waals surface area contributed by atoms with Crippen LogP contribution < -0.4 is 10.2 Å². The minimum atomic E-state index is -0.101. The summed E-state index contributed by atoms with van der Waals surface area (Å²) in [5.41, 5.74) is 3.05. The normalized spacial score (nSPS) is 18.6. The third kappa shape index (κ3) is 4.74. The topological polar surface area (TPSA) is 74.6 Å². The predicted molar refractivity (Wildman–Crippen MR) is 129 cm³/mol. The molecule has 0 radical (unpaired) electrons. The van der Waals surface area contributed by atoms with Crippen LogP contribution in [0, 0.1) is 5.92 Å². The number of aliphatic hydroxyl groups excluding tert-OH is 1. The molecule has 1 aliphatic rings. The number of thiophene rings is 1. The van der Waals surface area contributed by atoms with Crippen LogP contribution in [0.25, 0.3) is 10.2 Å². The van der Waals surface area contributed by atoms with Crippen molar-refractivity contribution < 1.29 is 14.7 Å². The van der Waals surface area contributed by atoms with Gasteiger partial charge in [-0.25, -0.2) is 0 Å². The number of aliphatic hydroxyl groups is 1. The second-order valence-electron chi connectivity index (χ2n) is 8.68. The number of aromatic nitrogens is 1. The van der Waals surface area contributed by atoms with E-state index in [0.717, 1.165) is 53.1 Å². The number of hydrogen-bond acceptors (Lipinski definition) is 4. The molecule has 1 aliphatic carbocycles. The van der Waals surface area contributed by atoms with Gasteiger partial charge in [-0.05, 0) is 73.7 Å². The molecule has 0 atom stereocenters. The van der Waals surface area contributed by atoms with Gasteiger partial charge in [-0.2, -0.15) is 0 Å². The average molecular weight is 454 g/mol. The van der Waals surface area contributed by atoms with Crippen LogP contribution in [0.15, 0.2) is 41.8 Å². The van der Waals surface area contributed by atoms with E-state index in [4.69, 9.17) is 0 Å². The molecular formula is C25H31N3O3S. The Labute approximate surface area is 192 Å². The second kappa shape index (κ2) is 9.88. The fourth-order valence-electron chi connectivity index (χ4n) is 4.50. The molecule has 2 aromatic heterocycles. The fraction of sp³-hybridized carbons (Fsp3) is 0.440. The van der Waals surface area contributed by atoms with Gasteiger partial charge in [0.2, 0.25) is 5.91 Å². The molecule has 1 saturated carbocycles. The van der Waals surface area contributed by atoms with E-state index in [0.29, 0.717) is 12.2 Å². The van der Waals surface area contributed by atoms with Crippen molar-refractivity contribution in [2.75, 3.05) is 11.4 Å². The van der Waals surface area contributed by atoms with Crippen LogP contribution in [-0.4, -0.2) is 34.1 Å². The lowest BCUT2D eigenvalue weighted by Crippen LogP contribution is -2.39. The molecule has 0 aliphatic heterocycles. The summed E-state index contributed by atoms with van der Waals surface area (Å²) in [6.45, 7) is 4.79. The molecule has 32 heavy (non-hydrogen) atoms. The number of nitrogens with zero attached hydrogens (tertiary/aromatic N) is 2. The van der Waals surface area contributed by atoms with Gasteiger partial charge in [-0.3, -0.25) is 9.59 Å². The Morgan fingerprint density at radius 1 is 1.16 bits per heavy atom. The number of carbonyl (C=O) groups excluding carboxylic acids is 2. The Bertz CT molecular complexity index is 1080. The summed E-state index contributed by atoms with van der Waals surface area (Å²) < 4.78 is 2.86. The Kier molecular flexibility index (Phi) is 6.96. The molecule has 0 saturated heterocycles. The molecule has 0 spiro atoms. The predicted octanol–water partition coefficient (Wildman–Crippen LogP) is 4.56. The minimum Gasteiger partial charge on any atom is -0.392 e. The summed E-state index contributed by atoms with van der Waals surface area (Å²) in [5.74, 6) is 0.547. The van der Waals surface area contributed by atoms with E-state index in [2.05, 4.69) is 12.2 Å². The zero-order chi connectivity index (χ0) is 22.7. The molecule has 0 unspecified atom stereocenters. The van der Waals surface area contributed by atoms with E-state index in [1.54, 1.807) is 16.2 Å². The van der Waals surface area contributed by atoms with Crippen molar-refractivity contribution in [1.82, 2.24) is 9.88 Å². The summed E-state index contributed by atoms with van der Waals surface area (Å²) in [5, 5.41) is 14.5. The van der Waals surface area contributed by atoms with Gasteiger partial charge < -0.3 is 19.9 Å². The Morgan fingerprint density at radius 3 is 2.53 bits per heavy atom. The van der Waals surface area contributed by atoms with Crippen molar-refractivity contribution >= 4 is 39.1 Å².